The number of nitrogens with zero attached hydrogens (tertiary/aromatic N) is 2. The summed E-state index contributed by atoms with van der Waals surface area (Å²) < 4.78 is 13.0. The third-order valence-corrected chi connectivity index (χ3v) is 3.55. The molecule has 0 bridgehead atoms. The van der Waals surface area contributed by atoms with E-state index in [1.165, 1.54) is 12.1 Å². The second kappa shape index (κ2) is 5.07. The maximum absolute atomic E-state index is 13.0. The quantitative estimate of drug-likeness (QED) is 0.545. The largest absolute Gasteiger partial charge is 0.340 e. The number of halogens is 1. The number of fused-ring (bicyclic) bond motifs is 3. The molecule has 0 saturated carbocycles. The van der Waals surface area contributed by atoms with E-state index in [1.54, 1.807) is 18.3 Å². The lowest BCUT2D eigenvalue weighted by molar-refractivity contribution is 0.628. The van der Waals surface area contributed by atoms with Crippen molar-refractivity contribution in [1.29, 1.82) is 0 Å². The van der Waals surface area contributed by atoms with Crippen LogP contribution in [0.3, 0.4) is 0 Å². The van der Waals surface area contributed by atoms with Gasteiger partial charge < -0.3 is 5.32 Å². The van der Waals surface area contributed by atoms with Crippen molar-refractivity contribution >= 4 is 33.3 Å². The molecule has 4 rings (SSSR count). The Balaban J connectivity index is 1.82. The van der Waals surface area contributed by atoms with Crippen LogP contribution >= 0.6 is 0 Å². The van der Waals surface area contributed by atoms with Crippen molar-refractivity contribution in [3.05, 3.63) is 72.7 Å². The van der Waals surface area contributed by atoms with Gasteiger partial charge in [-0.2, -0.15) is 0 Å². The molecule has 0 spiro atoms. The van der Waals surface area contributed by atoms with Crippen molar-refractivity contribution < 1.29 is 4.39 Å². The molecule has 22 heavy (non-hydrogen) atoms. The second-order valence-corrected chi connectivity index (χ2v) is 5.04. The summed E-state index contributed by atoms with van der Waals surface area (Å²) in [5.74, 6) is 0.449. The summed E-state index contributed by atoms with van der Waals surface area (Å²) in [7, 11) is 0. The van der Waals surface area contributed by atoms with Crippen LogP contribution in [0.15, 0.2) is 66.9 Å². The summed E-state index contributed by atoms with van der Waals surface area (Å²) in [6.07, 6.45) is 1.77. The van der Waals surface area contributed by atoms with Crippen LogP contribution in [0.5, 0.6) is 0 Å². The van der Waals surface area contributed by atoms with E-state index in [9.17, 15) is 4.39 Å². The Morgan fingerprint density at radius 2 is 1.50 bits per heavy atom. The zero-order valence-corrected chi connectivity index (χ0v) is 11.6. The Morgan fingerprint density at radius 1 is 0.773 bits per heavy atom. The first-order valence-electron chi connectivity index (χ1n) is 6.97. The highest BCUT2D eigenvalue weighted by atomic mass is 19.1. The lowest BCUT2D eigenvalue weighted by Gasteiger charge is -2.08. The topological polar surface area (TPSA) is 37.8 Å². The lowest BCUT2D eigenvalue weighted by Crippen LogP contribution is -1.94. The molecule has 4 aromatic rings. The van der Waals surface area contributed by atoms with Crippen LogP contribution < -0.4 is 5.32 Å². The van der Waals surface area contributed by atoms with E-state index < -0.39 is 0 Å². The van der Waals surface area contributed by atoms with Crippen molar-refractivity contribution in [2.24, 2.45) is 0 Å². The van der Waals surface area contributed by atoms with Crippen LogP contribution in [-0.2, 0) is 0 Å². The van der Waals surface area contributed by atoms with E-state index in [4.69, 9.17) is 0 Å². The highest BCUT2D eigenvalue weighted by Gasteiger charge is 2.04. The molecule has 1 N–H and O–H groups in total. The van der Waals surface area contributed by atoms with Gasteiger partial charge in [0.25, 0.3) is 0 Å². The number of nitrogens with one attached hydrogen (secondary N) is 1. The fourth-order valence-corrected chi connectivity index (χ4v) is 2.47. The monoisotopic (exact) mass is 289 g/mol. The average Bonchev–Trinajstić information content (AvgIpc) is 2.57. The summed E-state index contributed by atoms with van der Waals surface area (Å²) in [5.41, 5.74) is 2.52. The summed E-state index contributed by atoms with van der Waals surface area (Å²) >= 11 is 0. The number of hydrogen-bond donors (Lipinski definition) is 1. The molecule has 0 aliphatic heterocycles. The van der Waals surface area contributed by atoms with Gasteiger partial charge in [0.2, 0.25) is 0 Å². The first-order valence-corrected chi connectivity index (χ1v) is 6.97. The first kappa shape index (κ1) is 12.7. The lowest BCUT2D eigenvalue weighted by atomic mass is 10.1. The van der Waals surface area contributed by atoms with E-state index in [-0.39, 0.29) is 5.82 Å². The van der Waals surface area contributed by atoms with Gasteiger partial charge in [0.15, 0.2) is 0 Å². The third kappa shape index (κ3) is 2.24. The minimum Gasteiger partial charge on any atom is -0.340 e. The minimum absolute atomic E-state index is 0.257. The molecule has 2 aromatic heterocycles. The van der Waals surface area contributed by atoms with Gasteiger partial charge in [-0.3, -0.25) is 4.98 Å². The van der Waals surface area contributed by atoms with Crippen LogP contribution in [-0.4, -0.2) is 9.97 Å². The van der Waals surface area contributed by atoms with Gasteiger partial charge in [-0.1, -0.05) is 18.2 Å². The fraction of sp³-hybridized carbons (Fsp3) is 0. The number of pyridine rings is 2. The SMILES string of the molecule is Fc1ccc(Nc2ccc3ccc4cccnc4c3n2)cc1. The molecule has 0 atom stereocenters. The van der Waals surface area contributed by atoms with Gasteiger partial charge in [0, 0.05) is 22.7 Å². The Morgan fingerprint density at radius 3 is 2.32 bits per heavy atom. The Bertz CT molecular complexity index is 965. The Hall–Kier alpha value is -3.01. The van der Waals surface area contributed by atoms with Gasteiger partial charge in [-0.25, -0.2) is 9.37 Å². The van der Waals surface area contributed by atoms with Crippen molar-refractivity contribution in [3.8, 4) is 0 Å². The van der Waals surface area contributed by atoms with Crippen molar-refractivity contribution in [1.82, 2.24) is 9.97 Å². The van der Waals surface area contributed by atoms with E-state index >= 15 is 0 Å². The number of hydrogen-bond acceptors (Lipinski definition) is 3. The van der Waals surface area contributed by atoms with Crippen LogP contribution in [0, 0.1) is 5.82 Å². The normalized spacial score (nSPS) is 11.0. The van der Waals surface area contributed by atoms with Gasteiger partial charge in [-0.05, 0) is 42.5 Å². The molecule has 0 unspecified atom stereocenters. The summed E-state index contributed by atoms with van der Waals surface area (Å²) in [6, 6.07) is 18.1. The molecule has 0 radical (unpaired) electrons. The van der Waals surface area contributed by atoms with E-state index in [0.717, 1.165) is 27.5 Å². The molecule has 106 valence electrons. The van der Waals surface area contributed by atoms with Crippen molar-refractivity contribution in [3.63, 3.8) is 0 Å². The third-order valence-electron chi connectivity index (χ3n) is 3.55. The van der Waals surface area contributed by atoms with E-state index in [2.05, 4.69) is 15.3 Å². The van der Waals surface area contributed by atoms with E-state index in [1.807, 2.05) is 36.4 Å². The number of aromatic nitrogens is 2. The highest BCUT2D eigenvalue weighted by molar-refractivity contribution is 6.03. The second-order valence-electron chi connectivity index (χ2n) is 5.04. The first-order chi connectivity index (χ1) is 10.8. The molecular weight excluding hydrogens is 277 g/mol. The van der Waals surface area contributed by atoms with Gasteiger partial charge in [0.1, 0.15) is 11.6 Å². The van der Waals surface area contributed by atoms with Crippen LogP contribution in [0.1, 0.15) is 0 Å². The Labute approximate surface area is 126 Å². The van der Waals surface area contributed by atoms with Crippen LogP contribution in [0.4, 0.5) is 15.9 Å². The van der Waals surface area contributed by atoms with E-state index in [0.29, 0.717) is 5.82 Å². The number of rotatable bonds is 2. The van der Waals surface area contributed by atoms with Crippen LogP contribution in [0.25, 0.3) is 21.8 Å². The summed E-state index contributed by atoms with van der Waals surface area (Å²) in [6.45, 7) is 0. The minimum atomic E-state index is -0.257. The van der Waals surface area contributed by atoms with Crippen molar-refractivity contribution in [2.45, 2.75) is 0 Å². The maximum Gasteiger partial charge on any atom is 0.131 e. The summed E-state index contributed by atoms with van der Waals surface area (Å²) in [5, 5.41) is 5.28. The van der Waals surface area contributed by atoms with Crippen molar-refractivity contribution in [2.75, 3.05) is 5.32 Å². The molecule has 2 heterocycles. The molecule has 2 aromatic carbocycles. The molecule has 0 saturated heterocycles. The molecule has 0 aliphatic rings. The zero-order chi connectivity index (χ0) is 14.9. The zero-order valence-electron chi connectivity index (χ0n) is 11.6. The smallest absolute Gasteiger partial charge is 0.131 e. The van der Waals surface area contributed by atoms with Gasteiger partial charge in [-0.15, -0.1) is 0 Å². The summed E-state index contributed by atoms with van der Waals surface area (Å²) in [4.78, 5) is 9.08. The average molecular weight is 289 g/mol. The standard InChI is InChI=1S/C18H12FN3/c19-14-6-8-15(9-7-14)21-16-10-5-13-4-3-12-2-1-11-20-17(12)18(13)22-16/h1-11H,(H,21,22). The Kier molecular flexibility index (Phi) is 2.93. The molecule has 3 nitrogen and oxygen atoms in total. The molecule has 0 amide bonds. The number of benzene rings is 2. The predicted molar refractivity (Wildman–Crippen MR) is 86.7 cm³/mol. The maximum atomic E-state index is 13.0. The predicted octanol–water partition coefficient (Wildman–Crippen LogP) is 4.67. The molecular formula is C18H12FN3. The molecule has 4 heteroatoms. The molecule has 0 aliphatic carbocycles. The molecule has 0 fully saturated rings. The van der Waals surface area contributed by atoms with Crippen LogP contribution in [0.2, 0.25) is 0 Å². The van der Waals surface area contributed by atoms with Gasteiger partial charge in [0.05, 0.1) is 11.0 Å². The highest BCUT2D eigenvalue weighted by Crippen LogP contribution is 2.24. The number of anilines is 2. The van der Waals surface area contributed by atoms with Gasteiger partial charge >= 0.3 is 0 Å². The fourth-order valence-electron chi connectivity index (χ4n) is 2.47.